The molecular weight excluding hydrogens is 418 g/mol. The van der Waals surface area contributed by atoms with E-state index in [0.29, 0.717) is 0 Å². The van der Waals surface area contributed by atoms with Crippen molar-refractivity contribution in [1.82, 2.24) is 5.32 Å². The van der Waals surface area contributed by atoms with Gasteiger partial charge in [-0.05, 0) is 48.9 Å². The smallest absolute Gasteiger partial charge is 0.414 e. The van der Waals surface area contributed by atoms with Crippen molar-refractivity contribution in [3.63, 3.8) is 0 Å². The predicted octanol–water partition coefficient (Wildman–Crippen LogP) is 2.95. The molecular formula is C19H22BrNO6. The normalized spacial score (nSPS) is 9.74. The molecule has 0 saturated heterocycles. The van der Waals surface area contributed by atoms with Gasteiger partial charge in [0.15, 0.2) is 0 Å². The highest BCUT2D eigenvalue weighted by Crippen LogP contribution is 2.22. The minimum absolute atomic E-state index is 0.790. The first-order valence-corrected chi connectivity index (χ1v) is 8.79. The molecule has 0 radical (unpaired) electrons. The first-order valence-electron chi connectivity index (χ1n) is 7.99. The second-order valence-electron chi connectivity index (χ2n) is 5.34. The molecule has 146 valence electrons. The van der Waals surface area contributed by atoms with Gasteiger partial charge >= 0.3 is 11.9 Å². The number of benzene rings is 2. The van der Waals surface area contributed by atoms with E-state index < -0.39 is 11.9 Å². The molecule has 2 aromatic carbocycles. The fourth-order valence-corrected chi connectivity index (χ4v) is 2.54. The predicted molar refractivity (Wildman–Crippen MR) is 104 cm³/mol. The van der Waals surface area contributed by atoms with Gasteiger partial charge in [-0.1, -0.05) is 28.1 Å². The Labute approximate surface area is 166 Å². The molecule has 0 aliphatic rings. The van der Waals surface area contributed by atoms with Crippen LogP contribution in [0.5, 0.6) is 11.5 Å². The quantitative estimate of drug-likeness (QED) is 0.449. The Hall–Kier alpha value is -2.58. The number of carbonyl (C=O) groups is 2. The van der Waals surface area contributed by atoms with Crippen LogP contribution in [-0.2, 0) is 22.6 Å². The molecule has 0 fully saturated rings. The minimum Gasteiger partial charge on any atom is -0.497 e. The number of nitrogens with one attached hydrogen (secondary N) is 1. The zero-order valence-electron chi connectivity index (χ0n) is 15.1. The molecule has 2 rings (SSSR count). The lowest BCUT2D eigenvalue weighted by Gasteiger charge is -2.10. The van der Waals surface area contributed by atoms with Crippen LogP contribution in [0.1, 0.15) is 11.1 Å². The Morgan fingerprint density at radius 1 is 1.00 bits per heavy atom. The van der Waals surface area contributed by atoms with E-state index in [9.17, 15) is 0 Å². The Bertz CT molecular complexity index is 736. The molecule has 0 saturated carbocycles. The monoisotopic (exact) mass is 439 g/mol. The zero-order chi connectivity index (χ0) is 20.2. The van der Waals surface area contributed by atoms with E-state index in [2.05, 4.69) is 39.4 Å². The average Bonchev–Trinajstić information content (AvgIpc) is 2.66. The van der Waals surface area contributed by atoms with Crippen LogP contribution >= 0.6 is 15.9 Å². The van der Waals surface area contributed by atoms with Crippen LogP contribution in [0.3, 0.4) is 0 Å². The topological polar surface area (TPSA) is 105 Å². The van der Waals surface area contributed by atoms with Crippen molar-refractivity contribution in [1.29, 1.82) is 0 Å². The summed E-state index contributed by atoms with van der Waals surface area (Å²) in [5.41, 5.74) is 2.45. The highest BCUT2D eigenvalue weighted by Gasteiger charge is 2.04. The fourth-order valence-electron chi connectivity index (χ4n) is 2.13. The van der Waals surface area contributed by atoms with E-state index >= 15 is 0 Å². The van der Waals surface area contributed by atoms with E-state index in [1.54, 1.807) is 14.2 Å². The number of carboxylic acids is 2. The van der Waals surface area contributed by atoms with Crippen LogP contribution in [0, 0.1) is 0 Å². The number of ether oxygens (including phenoxy) is 2. The van der Waals surface area contributed by atoms with Crippen LogP contribution < -0.4 is 14.8 Å². The molecule has 3 N–H and O–H groups in total. The number of hydrogen-bond donors (Lipinski definition) is 3. The molecule has 27 heavy (non-hydrogen) atoms. The summed E-state index contributed by atoms with van der Waals surface area (Å²) in [6, 6.07) is 14.2. The molecule has 0 spiro atoms. The molecule has 0 atom stereocenters. The Morgan fingerprint density at radius 3 is 2.15 bits per heavy atom. The molecule has 0 bridgehead atoms. The molecule has 0 aliphatic heterocycles. The number of rotatable bonds is 7. The van der Waals surface area contributed by atoms with Crippen molar-refractivity contribution >= 4 is 27.9 Å². The Kier molecular flexibility index (Phi) is 9.92. The summed E-state index contributed by atoms with van der Waals surface area (Å²) in [7, 11) is 3.38. The second kappa shape index (κ2) is 11.9. The minimum atomic E-state index is -1.82. The number of halogens is 1. The molecule has 0 aliphatic carbocycles. The number of carboxylic acid groups (broad SMARTS) is 2. The van der Waals surface area contributed by atoms with Gasteiger partial charge in [-0.15, -0.1) is 0 Å². The Balaban J connectivity index is 0.000000527. The van der Waals surface area contributed by atoms with Gasteiger partial charge in [0.1, 0.15) is 11.5 Å². The van der Waals surface area contributed by atoms with Gasteiger partial charge in [0, 0.05) is 16.6 Å². The maximum absolute atomic E-state index is 9.10. The number of methoxy groups -OCH3 is 2. The largest absolute Gasteiger partial charge is 0.497 e. The van der Waals surface area contributed by atoms with Crippen LogP contribution in [0.15, 0.2) is 46.9 Å². The molecule has 7 nitrogen and oxygen atoms in total. The molecule has 0 heterocycles. The lowest BCUT2D eigenvalue weighted by atomic mass is 10.1. The summed E-state index contributed by atoms with van der Waals surface area (Å²) in [6.45, 7) is 1.71. The maximum atomic E-state index is 9.10. The van der Waals surface area contributed by atoms with Crippen LogP contribution in [-0.4, -0.2) is 42.9 Å². The third-order valence-corrected chi connectivity index (χ3v) is 3.98. The van der Waals surface area contributed by atoms with Gasteiger partial charge in [0.25, 0.3) is 0 Å². The first-order chi connectivity index (χ1) is 12.9. The van der Waals surface area contributed by atoms with Gasteiger partial charge in [0.2, 0.25) is 0 Å². The molecule has 0 unspecified atom stereocenters. The lowest BCUT2D eigenvalue weighted by molar-refractivity contribution is -0.159. The first kappa shape index (κ1) is 22.5. The standard InChI is InChI=1S/C17H20BrNO2.C2H2O4/c1-20-16-6-3-13(4-7-16)9-10-19-12-14-11-15(18)5-8-17(14)21-2;3-1(4)2(5)6/h3-8,11,19H,9-10,12H2,1-2H3;(H,3,4)(H,5,6). The second-order valence-corrected chi connectivity index (χ2v) is 6.26. The van der Waals surface area contributed by atoms with Crippen molar-refractivity contribution in [2.24, 2.45) is 0 Å². The van der Waals surface area contributed by atoms with Gasteiger partial charge < -0.3 is 25.0 Å². The highest BCUT2D eigenvalue weighted by atomic mass is 79.9. The van der Waals surface area contributed by atoms with E-state index in [-0.39, 0.29) is 0 Å². The summed E-state index contributed by atoms with van der Waals surface area (Å²) in [5.74, 6) is -1.84. The van der Waals surface area contributed by atoms with Crippen molar-refractivity contribution in [3.8, 4) is 11.5 Å². The molecule has 0 amide bonds. The van der Waals surface area contributed by atoms with Gasteiger partial charge in [0.05, 0.1) is 14.2 Å². The van der Waals surface area contributed by atoms with Gasteiger partial charge in [-0.2, -0.15) is 0 Å². The fraction of sp³-hybridized carbons (Fsp3) is 0.263. The van der Waals surface area contributed by atoms with E-state index in [4.69, 9.17) is 29.3 Å². The van der Waals surface area contributed by atoms with Crippen molar-refractivity contribution in [3.05, 3.63) is 58.1 Å². The van der Waals surface area contributed by atoms with Crippen molar-refractivity contribution in [2.75, 3.05) is 20.8 Å². The number of hydrogen-bond acceptors (Lipinski definition) is 5. The third kappa shape index (κ3) is 8.57. The summed E-state index contributed by atoms with van der Waals surface area (Å²) < 4.78 is 11.6. The van der Waals surface area contributed by atoms with Gasteiger partial charge in [-0.25, -0.2) is 9.59 Å². The molecule has 8 heteroatoms. The summed E-state index contributed by atoms with van der Waals surface area (Å²) in [5, 5.41) is 18.2. The van der Waals surface area contributed by atoms with Crippen LogP contribution in [0.4, 0.5) is 0 Å². The van der Waals surface area contributed by atoms with E-state index in [1.807, 2.05) is 24.3 Å². The lowest BCUT2D eigenvalue weighted by Crippen LogP contribution is -2.17. The third-order valence-electron chi connectivity index (χ3n) is 3.49. The molecule has 2 aromatic rings. The van der Waals surface area contributed by atoms with Crippen LogP contribution in [0.2, 0.25) is 0 Å². The maximum Gasteiger partial charge on any atom is 0.414 e. The summed E-state index contributed by atoms with van der Waals surface area (Å²) in [6.07, 6.45) is 0.986. The molecule has 0 aromatic heterocycles. The Morgan fingerprint density at radius 2 is 1.63 bits per heavy atom. The van der Waals surface area contributed by atoms with E-state index in [1.165, 1.54) is 5.56 Å². The zero-order valence-corrected chi connectivity index (χ0v) is 16.7. The van der Waals surface area contributed by atoms with Crippen molar-refractivity contribution in [2.45, 2.75) is 13.0 Å². The number of aliphatic carboxylic acids is 2. The van der Waals surface area contributed by atoms with Crippen molar-refractivity contribution < 1.29 is 29.3 Å². The summed E-state index contributed by atoms with van der Waals surface area (Å²) >= 11 is 3.49. The van der Waals surface area contributed by atoms with E-state index in [0.717, 1.165) is 41.0 Å². The van der Waals surface area contributed by atoms with Gasteiger partial charge in [-0.3, -0.25) is 0 Å². The SMILES string of the molecule is COc1ccc(CCNCc2cc(Br)ccc2OC)cc1.O=C(O)C(=O)O. The summed E-state index contributed by atoms with van der Waals surface area (Å²) in [4.78, 5) is 18.2. The highest BCUT2D eigenvalue weighted by molar-refractivity contribution is 9.10. The average molecular weight is 440 g/mol. The van der Waals surface area contributed by atoms with Crippen LogP contribution in [0.25, 0.3) is 0 Å².